The fourth-order valence-corrected chi connectivity index (χ4v) is 3.09. The number of nitrogens with one attached hydrogen (secondary N) is 1. The molecule has 2 heterocycles. The van der Waals surface area contributed by atoms with Crippen LogP contribution in [0, 0.1) is 11.3 Å². The Morgan fingerprint density at radius 3 is 3.09 bits per heavy atom. The lowest BCUT2D eigenvalue weighted by Crippen LogP contribution is -2.19. The average molecular weight is 301 g/mol. The van der Waals surface area contributed by atoms with Gasteiger partial charge in [0, 0.05) is 18.8 Å². The van der Waals surface area contributed by atoms with Crippen molar-refractivity contribution < 1.29 is 9.47 Å². The smallest absolute Gasteiger partial charge is 0.144 e. The molecule has 1 N–H and O–H groups in total. The van der Waals surface area contributed by atoms with E-state index >= 15 is 0 Å². The molecule has 0 amide bonds. The largest absolute Gasteiger partial charge is 0.377 e. The van der Waals surface area contributed by atoms with Crippen molar-refractivity contribution in [2.24, 2.45) is 0 Å². The van der Waals surface area contributed by atoms with E-state index in [-0.39, 0.29) is 6.10 Å². The number of hydrogen-bond donors (Lipinski definition) is 1. The normalized spacial score (nSPS) is 20.4. The van der Waals surface area contributed by atoms with Gasteiger partial charge in [-0.2, -0.15) is 5.26 Å². The molecule has 0 spiro atoms. The van der Waals surface area contributed by atoms with Crippen molar-refractivity contribution in [1.29, 1.82) is 5.26 Å². The predicted octanol–water partition coefficient (Wildman–Crippen LogP) is 2.44. The molecule has 0 unspecified atom stereocenters. The molecule has 1 aliphatic carbocycles. The number of aromatic nitrogens is 1. The van der Waals surface area contributed by atoms with Crippen molar-refractivity contribution in [2.75, 3.05) is 31.7 Å². The molecule has 0 bridgehead atoms. The molecule has 1 aromatic heterocycles. The minimum atomic E-state index is 0.261. The van der Waals surface area contributed by atoms with Gasteiger partial charge in [-0.3, -0.25) is 0 Å². The van der Waals surface area contributed by atoms with E-state index in [0.717, 1.165) is 38.0 Å². The summed E-state index contributed by atoms with van der Waals surface area (Å²) in [5.41, 5.74) is 3.02. The second-order valence-corrected chi connectivity index (χ2v) is 5.95. The molecule has 2 aliphatic rings. The molecule has 1 aliphatic heterocycles. The summed E-state index contributed by atoms with van der Waals surface area (Å²) in [7, 11) is 0. The van der Waals surface area contributed by atoms with Crippen LogP contribution in [-0.2, 0) is 22.3 Å². The molecule has 0 saturated carbocycles. The third-order valence-electron chi connectivity index (χ3n) is 4.29. The Morgan fingerprint density at radius 1 is 1.36 bits per heavy atom. The number of anilines is 1. The Bertz CT molecular complexity index is 548. The van der Waals surface area contributed by atoms with Crippen LogP contribution >= 0.6 is 0 Å². The highest BCUT2D eigenvalue weighted by molar-refractivity contribution is 5.54. The Kier molecular flexibility index (Phi) is 5.25. The van der Waals surface area contributed by atoms with E-state index in [0.29, 0.717) is 31.1 Å². The number of fused-ring (bicyclic) bond motifs is 1. The highest BCUT2D eigenvalue weighted by Crippen LogP contribution is 2.24. The van der Waals surface area contributed by atoms with Crippen molar-refractivity contribution in [3.63, 3.8) is 0 Å². The number of hydrogen-bond acceptors (Lipinski definition) is 5. The fraction of sp³-hybridized carbons (Fsp3) is 0.647. The van der Waals surface area contributed by atoms with Crippen LogP contribution in [0.5, 0.6) is 0 Å². The summed E-state index contributed by atoms with van der Waals surface area (Å²) in [5, 5.41) is 12.5. The summed E-state index contributed by atoms with van der Waals surface area (Å²) in [6.07, 6.45) is 6.94. The van der Waals surface area contributed by atoms with Gasteiger partial charge in [0.2, 0.25) is 0 Å². The zero-order valence-electron chi connectivity index (χ0n) is 12.9. The van der Waals surface area contributed by atoms with Crippen LogP contribution in [0.25, 0.3) is 0 Å². The quantitative estimate of drug-likeness (QED) is 0.817. The third kappa shape index (κ3) is 3.76. The maximum atomic E-state index is 9.29. The number of pyridine rings is 1. The second-order valence-electron chi connectivity index (χ2n) is 5.95. The minimum absolute atomic E-state index is 0.261. The van der Waals surface area contributed by atoms with Gasteiger partial charge in [-0.15, -0.1) is 0 Å². The molecular weight excluding hydrogens is 278 g/mol. The van der Waals surface area contributed by atoms with Gasteiger partial charge in [0.25, 0.3) is 0 Å². The van der Waals surface area contributed by atoms with Gasteiger partial charge in [-0.1, -0.05) is 0 Å². The van der Waals surface area contributed by atoms with Crippen LogP contribution < -0.4 is 5.32 Å². The van der Waals surface area contributed by atoms with E-state index in [1.165, 1.54) is 18.4 Å². The topological polar surface area (TPSA) is 67.2 Å². The van der Waals surface area contributed by atoms with E-state index in [9.17, 15) is 5.26 Å². The molecule has 1 atom stereocenters. The molecule has 118 valence electrons. The maximum absolute atomic E-state index is 9.29. The maximum Gasteiger partial charge on any atom is 0.144 e. The van der Waals surface area contributed by atoms with Crippen LogP contribution in [0.3, 0.4) is 0 Å². The number of nitrogens with zero attached hydrogens (tertiary/aromatic N) is 2. The molecule has 0 radical (unpaired) electrons. The summed E-state index contributed by atoms with van der Waals surface area (Å²) in [5.74, 6) is 0.698. The van der Waals surface area contributed by atoms with Gasteiger partial charge in [-0.25, -0.2) is 4.98 Å². The molecule has 5 heteroatoms. The van der Waals surface area contributed by atoms with Crippen molar-refractivity contribution in [3.05, 3.63) is 22.9 Å². The number of rotatable bonds is 6. The fourth-order valence-electron chi connectivity index (χ4n) is 3.09. The summed E-state index contributed by atoms with van der Waals surface area (Å²) in [6.45, 7) is 2.78. The van der Waals surface area contributed by atoms with Crippen molar-refractivity contribution >= 4 is 5.82 Å². The van der Waals surface area contributed by atoms with Crippen LogP contribution in [0.1, 0.15) is 42.5 Å². The standard InChI is InChI=1S/C17H23N3O2/c18-11-14-10-13-4-1-2-6-16(13)20-17(14)19-7-9-21-12-15-5-3-8-22-15/h10,15H,1-9,12H2,(H,19,20)/t15-/m0/s1. The summed E-state index contributed by atoms with van der Waals surface area (Å²) in [6, 6.07) is 4.24. The number of aryl methyl sites for hydroxylation is 2. The van der Waals surface area contributed by atoms with E-state index in [1.54, 1.807) is 0 Å². The third-order valence-corrected chi connectivity index (χ3v) is 4.29. The minimum Gasteiger partial charge on any atom is -0.377 e. The van der Waals surface area contributed by atoms with Gasteiger partial charge in [0.15, 0.2) is 0 Å². The molecule has 5 nitrogen and oxygen atoms in total. The highest BCUT2D eigenvalue weighted by atomic mass is 16.5. The summed E-state index contributed by atoms with van der Waals surface area (Å²) < 4.78 is 11.1. The Balaban J connectivity index is 1.50. The lowest BCUT2D eigenvalue weighted by molar-refractivity contribution is 0.0206. The van der Waals surface area contributed by atoms with Crippen LogP contribution in [0.2, 0.25) is 0 Å². The lowest BCUT2D eigenvalue weighted by Gasteiger charge is -2.17. The van der Waals surface area contributed by atoms with Gasteiger partial charge >= 0.3 is 0 Å². The first-order valence-electron chi connectivity index (χ1n) is 8.23. The summed E-state index contributed by atoms with van der Waals surface area (Å²) in [4.78, 5) is 4.65. The van der Waals surface area contributed by atoms with Gasteiger partial charge < -0.3 is 14.8 Å². The molecule has 3 rings (SSSR count). The van der Waals surface area contributed by atoms with Gasteiger partial charge in [0.05, 0.1) is 24.9 Å². The van der Waals surface area contributed by atoms with Gasteiger partial charge in [-0.05, 0) is 50.2 Å². The monoisotopic (exact) mass is 301 g/mol. The molecular formula is C17H23N3O2. The van der Waals surface area contributed by atoms with E-state index < -0.39 is 0 Å². The molecule has 0 aromatic carbocycles. The zero-order valence-corrected chi connectivity index (χ0v) is 12.9. The number of ether oxygens (including phenoxy) is 2. The Labute approximate surface area is 131 Å². The van der Waals surface area contributed by atoms with Crippen LogP contribution in [0.15, 0.2) is 6.07 Å². The lowest BCUT2D eigenvalue weighted by atomic mass is 9.95. The van der Waals surface area contributed by atoms with E-state index in [2.05, 4.69) is 16.4 Å². The Hall–Kier alpha value is -1.64. The first-order valence-corrected chi connectivity index (χ1v) is 8.23. The second kappa shape index (κ2) is 7.57. The molecule has 1 aromatic rings. The first-order chi connectivity index (χ1) is 10.9. The van der Waals surface area contributed by atoms with E-state index in [1.807, 2.05) is 6.07 Å². The van der Waals surface area contributed by atoms with Crippen LogP contribution in [-0.4, -0.2) is 37.5 Å². The predicted molar refractivity (Wildman–Crippen MR) is 83.9 cm³/mol. The van der Waals surface area contributed by atoms with Crippen molar-refractivity contribution in [2.45, 2.75) is 44.6 Å². The van der Waals surface area contributed by atoms with Gasteiger partial charge in [0.1, 0.15) is 11.9 Å². The van der Waals surface area contributed by atoms with E-state index in [4.69, 9.17) is 9.47 Å². The zero-order chi connectivity index (χ0) is 15.2. The highest BCUT2D eigenvalue weighted by Gasteiger charge is 2.16. The van der Waals surface area contributed by atoms with Crippen molar-refractivity contribution in [3.8, 4) is 6.07 Å². The molecule has 1 fully saturated rings. The summed E-state index contributed by atoms with van der Waals surface area (Å²) >= 11 is 0. The number of nitriles is 1. The first kappa shape index (κ1) is 15.3. The Morgan fingerprint density at radius 2 is 2.27 bits per heavy atom. The average Bonchev–Trinajstić information content (AvgIpc) is 3.07. The molecule has 22 heavy (non-hydrogen) atoms. The van der Waals surface area contributed by atoms with Crippen LogP contribution in [0.4, 0.5) is 5.82 Å². The SMILES string of the molecule is N#Cc1cc2c(nc1NCCOC[C@@H]1CCCO1)CCCC2. The molecule has 1 saturated heterocycles. The van der Waals surface area contributed by atoms with Crippen molar-refractivity contribution in [1.82, 2.24) is 4.98 Å².